The molecule has 1 amide bonds. The third-order valence-electron chi connectivity index (χ3n) is 7.65. The largest absolute Gasteiger partial charge is 0.502 e. The van der Waals surface area contributed by atoms with Crippen LogP contribution in [-0.2, 0) is 9.53 Å². The number of rotatable bonds is 6. The van der Waals surface area contributed by atoms with Crippen LogP contribution in [0.4, 0.5) is 5.69 Å². The molecular weight excluding hydrogens is 524 g/mol. The number of cyclic esters (lactones) is 1. The van der Waals surface area contributed by atoms with Crippen molar-refractivity contribution in [1.29, 1.82) is 0 Å². The maximum absolute atomic E-state index is 13.4. The molecule has 2 aliphatic heterocycles. The number of amides is 1. The maximum Gasteiger partial charge on any atom is 0.310 e. The van der Waals surface area contributed by atoms with Gasteiger partial charge in [-0.05, 0) is 47.0 Å². The standard InChI is InChI=1S/C28H24N2O10/c1-36-21-7-14(8-22(37-2)26(21)31)23-16-9-19-20(40-12-39-19)10-17(16)25(18-11-38-28(33)24(18)23)29-27(32)13-4-3-5-15(6-13)30(34)35/h3-10,18,23-25,31H,11-12H2,1-2H3,(H,29,32)/t18?,23-,24+,25-/m1/s1. The number of phenolic OH excluding ortho intramolecular Hbond substituents is 1. The van der Waals surface area contributed by atoms with Crippen molar-refractivity contribution in [3.63, 3.8) is 0 Å². The van der Waals surface area contributed by atoms with E-state index in [9.17, 15) is 24.8 Å². The average Bonchev–Trinajstić information content (AvgIpc) is 3.58. The molecule has 2 N–H and O–H groups in total. The van der Waals surface area contributed by atoms with Crippen LogP contribution in [0, 0.1) is 22.0 Å². The van der Waals surface area contributed by atoms with Gasteiger partial charge in [0, 0.05) is 29.5 Å². The highest BCUT2D eigenvalue weighted by Crippen LogP contribution is 2.55. The van der Waals surface area contributed by atoms with Crippen LogP contribution in [0.3, 0.4) is 0 Å². The van der Waals surface area contributed by atoms with Crippen LogP contribution in [-0.4, -0.2) is 49.5 Å². The Morgan fingerprint density at radius 1 is 1.02 bits per heavy atom. The van der Waals surface area contributed by atoms with Crippen molar-refractivity contribution in [3.05, 3.63) is 80.9 Å². The summed E-state index contributed by atoms with van der Waals surface area (Å²) in [4.78, 5) is 37.3. The fourth-order valence-corrected chi connectivity index (χ4v) is 5.83. The highest BCUT2D eigenvalue weighted by molar-refractivity contribution is 5.95. The minimum Gasteiger partial charge on any atom is -0.502 e. The number of fused-ring (bicyclic) bond motifs is 3. The Hall–Kier alpha value is -5.00. The summed E-state index contributed by atoms with van der Waals surface area (Å²) in [6.45, 7) is 0.0590. The summed E-state index contributed by atoms with van der Waals surface area (Å²) in [5.74, 6) is -1.64. The molecule has 6 rings (SSSR count). The molecule has 0 bridgehead atoms. The fraction of sp³-hybridized carbons (Fsp3) is 0.286. The zero-order chi connectivity index (χ0) is 28.1. The molecule has 12 heteroatoms. The van der Waals surface area contributed by atoms with E-state index >= 15 is 0 Å². The molecule has 1 fully saturated rings. The van der Waals surface area contributed by atoms with Crippen molar-refractivity contribution < 1.29 is 43.3 Å². The molecule has 0 aromatic heterocycles. The number of aromatic hydroxyl groups is 1. The number of carbonyl (C=O) groups excluding carboxylic acids is 2. The van der Waals surface area contributed by atoms with Crippen LogP contribution in [0.25, 0.3) is 0 Å². The Bertz CT molecular complexity index is 1530. The van der Waals surface area contributed by atoms with Gasteiger partial charge in [0.1, 0.15) is 0 Å². The molecule has 0 spiro atoms. The van der Waals surface area contributed by atoms with Crippen LogP contribution in [0.2, 0.25) is 0 Å². The number of phenols is 1. The highest BCUT2D eigenvalue weighted by Gasteiger charge is 2.53. The number of ether oxygens (including phenoxy) is 5. The topological polar surface area (TPSA) is 156 Å². The Kier molecular flexibility index (Phi) is 6.09. The predicted octanol–water partition coefficient (Wildman–Crippen LogP) is 3.45. The summed E-state index contributed by atoms with van der Waals surface area (Å²) in [6, 6.07) is 11.6. The number of nitrogens with zero attached hydrogens (tertiary/aromatic N) is 1. The van der Waals surface area contributed by atoms with Crippen LogP contribution >= 0.6 is 0 Å². The number of nitro groups is 1. The number of nitro benzene ring substituents is 1. The van der Waals surface area contributed by atoms with E-state index in [1.54, 1.807) is 24.3 Å². The lowest BCUT2D eigenvalue weighted by Gasteiger charge is -2.39. The van der Waals surface area contributed by atoms with Gasteiger partial charge in [0.25, 0.3) is 11.6 Å². The van der Waals surface area contributed by atoms with Gasteiger partial charge in [-0.3, -0.25) is 19.7 Å². The Morgan fingerprint density at radius 2 is 1.70 bits per heavy atom. The van der Waals surface area contributed by atoms with Crippen LogP contribution in [0.15, 0.2) is 48.5 Å². The molecule has 1 aliphatic carbocycles. The minimum absolute atomic E-state index is 0.0172. The molecule has 2 heterocycles. The van der Waals surface area contributed by atoms with Crippen LogP contribution < -0.4 is 24.3 Å². The van der Waals surface area contributed by atoms with E-state index in [4.69, 9.17) is 23.7 Å². The summed E-state index contributed by atoms with van der Waals surface area (Å²) in [5.41, 5.74) is 1.88. The molecule has 40 heavy (non-hydrogen) atoms. The van der Waals surface area contributed by atoms with Crippen molar-refractivity contribution in [1.82, 2.24) is 5.32 Å². The van der Waals surface area contributed by atoms with Crippen molar-refractivity contribution in [2.45, 2.75) is 12.0 Å². The van der Waals surface area contributed by atoms with E-state index in [2.05, 4.69) is 5.32 Å². The molecule has 3 aromatic rings. The van der Waals surface area contributed by atoms with Crippen molar-refractivity contribution in [3.8, 4) is 28.7 Å². The summed E-state index contributed by atoms with van der Waals surface area (Å²) >= 11 is 0. The second-order valence-electron chi connectivity index (χ2n) is 9.66. The highest BCUT2D eigenvalue weighted by atomic mass is 16.7. The second-order valence-corrected chi connectivity index (χ2v) is 9.66. The smallest absolute Gasteiger partial charge is 0.310 e. The third-order valence-corrected chi connectivity index (χ3v) is 7.65. The van der Waals surface area contributed by atoms with Gasteiger partial charge in [-0.1, -0.05) is 6.07 Å². The van der Waals surface area contributed by atoms with Gasteiger partial charge in [-0.2, -0.15) is 0 Å². The molecule has 0 saturated carbocycles. The van der Waals surface area contributed by atoms with Crippen LogP contribution in [0.5, 0.6) is 28.7 Å². The Labute approximate surface area is 227 Å². The van der Waals surface area contributed by atoms with E-state index in [1.807, 2.05) is 0 Å². The lowest BCUT2D eigenvalue weighted by molar-refractivity contribution is -0.384. The molecule has 4 atom stereocenters. The fourth-order valence-electron chi connectivity index (χ4n) is 5.83. The number of methoxy groups -OCH3 is 2. The zero-order valence-electron chi connectivity index (χ0n) is 21.4. The van der Waals surface area contributed by atoms with Gasteiger partial charge in [-0.25, -0.2) is 0 Å². The van der Waals surface area contributed by atoms with Gasteiger partial charge in [0.15, 0.2) is 23.0 Å². The zero-order valence-corrected chi connectivity index (χ0v) is 21.4. The number of hydrogen-bond donors (Lipinski definition) is 2. The van der Waals surface area contributed by atoms with Crippen molar-refractivity contribution >= 4 is 17.6 Å². The number of non-ortho nitro benzene ring substituents is 1. The lowest BCUT2D eigenvalue weighted by atomic mass is 9.65. The van der Waals surface area contributed by atoms with Gasteiger partial charge in [0.2, 0.25) is 12.5 Å². The van der Waals surface area contributed by atoms with Crippen LogP contribution in [0.1, 0.15) is 39.0 Å². The Morgan fingerprint density at radius 3 is 2.35 bits per heavy atom. The van der Waals surface area contributed by atoms with E-state index < -0.39 is 40.6 Å². The minimum atomic E-state index is -0.720. The monoisotopic (exact) mass is 548 g/mol. The van der Waals surface area contributed by atoms with E-state index in [-0.39, 0.29) is 41.9 Å². The summed E-state index contributed by atoms with van der Waals surface area (Å²) in [7, 11) is 2.83. The number of esters is 1. The molecule has 1 unspecified atom stereocenters. The van der Waals surface area contributed by atoms with Crippen molar-refractivity contribution in [2.75, 3.05) is 27.6 Å². The normalized spacial score (nSPS) is 22.1. The third kappa shape index (κ3) is 3.99. The quantitative estimate of drug-likeness (QED) is 0.266. The van der Waals surface area contributed by atoms with Crippen molar-refractivity contribution in [2.24, 2.45) is 11.8 Å². The molecule has 1 saturated heterocycles. The van der Waals surface area contributed by atoms with Gasteiger partial charge in [0.05, 0.1) is 37.7 Å². The first-order valence-corrected chi connectivity index (χ1v) is 12.4. The first kappa shape index (κ1) is 25.3. The molecule has 206 valence electrons. The summed E-state index contributed by atoms with van der Waals surface area (Å²) in [5, 5.41) is 24.8. The average molecular weight is 549 g/mol. The second kappa shape index (κ2) is 9.63. The molecule has 3 aliphatic rings. The Balaban J connectivity index is 1.50. The number of benzene rings is 3. The van der Waals surface area contributed by atoms with Gasteiger partial charge < -0.3 is 34.1 Å². The number of hydrogen-bond acceptors (Lipinski definition) is 10. The summed E-state index contributed by atoms with van der Waals surface area (Å²) in [6.07, 6.45) is 0. The number of nitrogens with one attached hydrogen (secondary N) is 1. The maximum atomic E-state index is 13.4. The van der Waals surface area contributed by atoms with E-state index in [0.29, 0.717) is 28.2 Å². The van der Waals surface area contributed by atoms with E-state index in [0.717, 1.165) is 0 Å². The molecular formula is C28H24N2O10. The first-order chi connectivity index (χ1) is 19.3. The van der Waals surface area contributed by atoms with Gasteiger partial charge >= 0.3 is 5.97 Å². The molecule has 3 aromatic carbocycles. The van der Waals surface area contributed by atoms with E-state index in [1.165, 1.54) is 38.5 Å². The lowest BCUT2D eigenvalue weighted by Crippen LogP contribution is -2.42. The van der Waals surface area contributed by atoms with Gasteiger partial charge in [-0.15, -0.1) is 0 Å². The molecule has 12 nitrogen and oxygen atoms in total. The predicted molar refractivity (Wildman–Crippen MR) is 137 cm³/mol. The summed E-state index contributed by atoms with van der Waals surface area (Å²) < 4.78 is 27.5. The first-order valence-electron chi connectivity index (χ1n) is 12.4. The molecule has 0 radical (unpaired) electrons. The SMILES string of the molecule is COc1cc([C@@H]2c3cc4c(cc3[C@@H](NC(=O)c3cccc([N+](=O)[O-])c3)C3COC(=O)[C@@H]32)OCO4)cc(OC)c1O. The number of carbonyl (C=O) groups is 2.